The predicted octanol–water partition coefficient (Wildman–Crippen LogP) is 1.49. The van der Waals surface area contributed by atoms with Crippen LogP contribution in [0.15, 0.2) is 18.2 Å². The van der Waals surface area contributed by atoms with Crippen LogP contribution < -0.4 is 4.74 Å². The Hall–Kier alpha value is -1.78. The van der Waals surface area contributed by atoms with Gasteiger partial charge in [-0.3, -0.25) is 0 Å². The fourth-order valence-corrected chi connectivity index (χ4v) is 2.35. The number of carbonyl (C=O) groups is 1. The fraction of sp³-hybridized carbons (Fsp3) is 0.364. The van der Waals surface area contributed by atoms with Crippen molar-refractivity contribution < 1.29 is 19.0 Å². The number of halogens is 1. The van der Waals surface area contributed by atoms with E-state index in [4.69, 9.17) is 9.84 Å². The van der Waals surface area contributed by atoms with Crippen molar-refractivity contribution in [2.24, 2.45) is 0 Å². The highest BCUT2D eigenvalue weighted by Gasteiger charge is 2.51. The van der Waals surface area contributed by atoms with Gasteiger partial charge in [-0.05, 0) is 11.6 Å². The minimum absolute atomic E-state index is 0.329. The molecular formula is C11H10FNO3. The van der Waals surface area contributed by atoms with Gasteiger partial charge in [-0.15, -0.1) is 0 Å². The summed E-state index contributed by atoms with van der Waals surface area (Å²) >= 11 is 0. The van der Waals surface area contributed by atoms with Crippen molar-refractivity contribution in [1.29, 1.82) is 0 Å². The third-order valence-electron chi connectivity index (χ3n) is 3.10. The Bertz CT molecular complexity index is 468. The van der Waals surface area contributed by atoms with Crippen molar-refractivity contribution in [3.63, 3.8) is 0 Å². The van der Waals surface area contributed by atoms with E-state index in [1.54, 1.807) is 6.07 Å². The van der Waals surface area contributed by atoms with E-state index in [9.17, 15) is 9.18 Å². The van der Waals surface area contributed by atoms with Crippen LogP contribution in [0.4, 0.5) is 9.18 Å². The molecule has 84 valence electrons. The molecule has 1 amide bonds. The molecule has 5 heteroatoms. The fourth-order valence-electron chi connectivity index (χ4n) is 2.35. The van der Waals surface area contributed by atoms with Gasteiger partial charge in [0.1, 0.15) is 17.2 Å². The molecule has 0 aromatic heterocycles. The highest BCUT2D eigenvalue weighted by molar-refractivity contribution is 5.67. The molecule has 16 heavy (non-hydrogen) atoms. The van der Waals surface area contributed by atoms with Gasteiger partial charge in [0.05, 0.1) is 13.1 Å². The van der Waals surface area contributed by atoms with Crippen LogP contribution in [0.5, 0.6) is 5.75 Å². The van der Waals surface area contributed by atoms with Gasteiger partial charge < -0.3 is 14.7 Å². The number of hydrogen-bond donors (Lipinski definition) is 1. The van der Waals surface area contributed by atoms with Crippen LogP contribution in [-0.4, -0.2) is 34.8 Å². The highest BCUT2D eigenvalue weighted by Crippen LogP contribution is 2.40. The number of fused-ring (bicyclic) bond motifs is 1. The summed E-state index contributed by atoms with van der Waals surface area (Å²) in [4.78, 5) is 12.0. The lowest BCUT2D eigenvalue weighted by molar-refractivity contribution is -0.0492. The van der Waals surface area contributed by atoms with Crippen LogP contribution >= 0.6 is 0 Å². The summed E-state index contributed by atoms with van der Waals surface area (Å²) in [7, 11) is 0. The molecule has 0 atom stereocenters. The van der Waals surface area contributed by atoms with Gasteiger partial charge in [-0.2, -0.15) is 0 Å². The Morgan fingerprint density at radius 1 is 1.50 bits per heavy atom. The molecule has 2 aliphatic heterocycles. The molecule has 1 spiro atoms. The second-order valence-corrected chi connectivity index (χ2v) is 4.35. The summed E-state index contributed by atoms with van der Waals surface area (Å²) in [6.07, 6.45) is -0.275. The van der Waals surface area contributed by atoms with Gasteiger partial charge in [0, 0.05) is 12.5 Å². The molecule has 1 saturated heterocycles. The van der Waals surface area contributed by atoms with Crippen LogP contribution in [0.2, 0.25) is 0 Å². The maximum atomic E-state index is 13.0. The Morgan fingerprint density at radius 3 is 2.94 bits per heavy atom. The highest BCUT2D eigenvalue weighted by atomic mass is 19.1. The van der Waals surface area contributed by atoms with Gasteiger partial charge in [-0.25, -0.2) is 9.18 Å². The lowest BCUT2D eigenvalue weighted by Crippen LogP contribution is -2.65. The Morgan fingerprint density at radius 2 is 2.25 bits per heavy atom. The average molecular weight is 223 g/mol. The number of carboxylic acid groups (broad SMARTS) is 1. The molecule has 2 heterocycles. The first-order chi connectivity index (χ1) is 7.58. The number of ether oxygens (including phenoxy) is 1. The molecule has 2 aliphatic rings. The van der Waals surface area contributed by atoms with E-state index in [1.165, 1.54) is 17.0 Å². The summed E-state index contributed by atoms with van der Waals surface area (Å²) in [5, 5.41) is 8.75. The monoisotopic (exact) mass is 223 g/mol. The molecule has 0 saturated carbocycles. The van der Waals surface area contributed by atoms with Crippen LogP contribution in [0.1, 0.15) is 5.56 Å². The molecule has 4 nitrogen and oxygen atoms in total. The topological polar surface area (TPSA) is 49.8 Å². The van der Waals surface area contributed by atoms with Crippen LogP contribution in [-0.2, 0) is 6.42 Å². The van der Waals surface area contributed by atoms with Crippen molar-refractivity contribution in [3.05, 3.63) is 29.6 Å². The summed E-state index contributed by atoms with van der Waals surface area (Å²) in [5.74, 6) is 0.218. The lowest BCUT2D eigenvalue weighted by atomic mass is 9.89. The quantitative estimate of drug-likeness (QED) is 0.725. The van der Waals surface area contributed by atoms with Gasteiger partial charge in [-0.1, -0.05) is 6.07 Å². The smallest absolute Gasteiger partial charge is 0.407 e. The first-order valence-corrected chi connectivity index (χ1v) is 5.03. The van der Waals surface area contributed by atoms with Crippen LogP contribution in [0, 0.1) is 5.82 Å². The Kier molecular flexibility index (Phi) is 1.70. The third kappa shape index (κ3) is 1.24. The van der Waals surface area contributed by atoms with E-state index in [0.717, 1.165) is 5.56 Å². The number of amides is 1. The molecule has 0 bridgehead atoms. The van der Waals surface area contributed by atoms with E-state index in [2.05, 4.69) is 0 Å². The molecule has 1 N–H and O–H groups in total. The molecule has 0 aliphatic carbocycles. The van der Waals surface area contributed by atoms with E-state index < -0.39 is 11.7 Å². The van der Waals surface area contributed by atoms with Crippen LogP contribution in [0.3, 0.4) is 0 Å². The van der Waals surface area contributed by atoms with E-state index in [-0.39, 0.29) is 5.82 Å². The number of nitrogens with zero attached hydrogens (tertiary/aromatic N) is 1. The third-order valence-corrected chi connectivity index (χ3v) is 3.10. The molecule has 0 radical (unpaired) electrons. The minimum Gasteiger partial charge on any atom is -0.483 e. The second-order valence-electron chi connectivity index (χ2n) is 4.35. The molecule has 1 aromatic rings. The largest absolute Gasteiger partial charge is 0.483 e. The maximum Gasteiger partial charge on any atom is 0.407 e. The zero-order valence-corrected chi connectivity index (χ0v) is 8.44. The van der Waals surface area contributed by atoms with Crippen molar-refractivity contribution >= 4 is 6.09 Å². The zero-order valence-electron chi connectivity index (χ0n) is 8.44. The molecule has 3 rings (SSSR count). The standard InChI is InChI=1S/C11H10FNO3/c12-8-2-1-7-4-11(16-9(7)3-8)5-13(6-11)10(14)15/h1-3H,4-6H2,(H,14,15). The SMILES string of the molecule is O=C(O)N1CC2(Cc3ccc(F)cc3O2)C1. The summed E-state index contributed by atoms with van der Waals surface area (Å²) in [6.45, 7) is 0.720. The Labute approximate surface area is 91.2 Å². The zero-order chi connectivity index (χ0) is 11.3. The van der Waals surface area contributed by atoms with Crippen molar-refractivity contribution in [2.75, 3.05) is 13.1 Å². The van der Waals surface area contributed by atoms with Crippen molar-refractivity contribution in [3.8, 4) is 5.75 Å². The number of benzene rings is 1. The average Bonchev–Trinajstić information content (AvgIpc) is 2.53. The van der Waals surface area contributed by atoms with Crippen molar-refractivity contribution in [1.82, 2.24) is 4.90 Å². The van der Waals surface area contributed by atoms with Gasteiger partial charge in [0.2, 0.25) is 0 Å². The lowest BCUT2D eigenvalue weighted by Gasteiger charge is -2.45. The van der Waals surface area contributed by atoms with Gasteiger partial charge in [0.15, 0.2) is 0 Å². The van der Waals surface area contributed by atoms with E-state index in [1.807, 2.05) is 0 Å². The summed E-state index contributed by atoms with van der Waals surface area (Å²) < 4.78 is 18.6. The van der Waals surface area contributed by atoms with E-state index in [0.29, 0.717) is 25.3 Å². The number of likely N-dealkylation sites (tertiary alicyclic amines) is 1. The first-order valence-electron chi connectivity index (χ1n) is 5.03. The van der Waals surface area contributed by atoms with Gasteiger partial charge in [0.25, 0.3) is 0 Å². The molecular weight excluding hydrogens is 213 g/mol. The predicted molar refractivity (Wildman–Crippen MR) is 53.1 cm³/mol. The minimum atomic E-state index is -0.934. The number of hydrogen-bond acceptors (Lipinski definition) is 2. The molecule has 0 unspecified atom stereocenters. The number of rotatable bonds is 0. The summed E-state index contributed by atoms with van der Waals surface area (Å²) in [5.41, 5.74) is 0.501. The molecule has 1 aromatic carbocycles. The normalized spacial score (nSPS) is 20.2. The Balaban J connectivity index is 1.80. The van der Waals surface area contributed by atoms with E-state index >= 15 is 0 Å². The molecule has 1 fully saturated rings. The maximum absolute atomic E-state index is 13.0. The summed E-state index contributed by atoms with van der Waals surface area (Å²) in [6, 6.07) is 4.45. The first kappa shape index (κ1) is 9.45. The van der Waals surface area contributed by atoms with Crippen LogP contribution in [0.25, 0.3) is 0 Å². The van der Waals surface area contributed by atoms with Gasteiger partial charge >= 0.3 is 6.09 Å². The second kappa shape index (κ2) is 2.87. The van der Waals surface area contributed by atoms with Crippen molar-refractivity contribution in [2.45, 2.75) is 12.0 Å².